The zero-order chi connectivity index (χ0) is 26.8. The molecule has 1 aliphatic heterocycles. The summed E-state index contributed by atoms with van der Waals surface area (Å²) in [6.45, 7) is 4.95. The SMILES string of the molecule is CC(C)COc1ccc(/C(O)=C2\C(=O)C(=O)N(CCc3c[nH]c4ccccc34)C2c2ccc(O)cc2)cc1. The van der Waals surface area contributed by atoms with Crippen LogP contribution in [-0.4, -0.2) is 44.9 Å². The Morgan fingerprint density at radius 2 is 1.71 bits per heavy atom. The van der Waals surface area contributed by atoms with Gasteiger partial charge in [0.05, 0.1) is 18.2 Å². The number of benzene rings is 3. The van der Waals surface area contributed by atoms with Crippen molar-refractivity contribution < 1.29 is 24.5 Å². The Morgan fingerprint density at radius 1 is 1.00 bits per heavy atom. The lowest BCUT2D eigenvalue weighted by molar-refractivity contribution is -0.139. The van der Waals surface area contributed by atoms with Crippen molar-refractivity contribution in [3.05, 3.63) is 101 Å². The Balaban J connectivity index is 1.50. The van der Waals surface area contributed by atoms with Crippen molar-refractivity contribution in [2.24, 2.45) is 5.92 Å². The number of aromatic nitrogens is 1. The smallest absolute Gasteiger partial charge is 0.295 e. The van der Waals surface area contributed by atoms with Gasteiger partial charge >= 0.3 is 0 Å². The van der Waals surface area contributed by atoms with Gasteiger partial charge < -0.3 is 24.8 Å². The Hall–Kier alpha value is -4.52. The number of H-pyrrole nitrogens is 1. The summed E-state index contributed by atoms with van der Waals surface area (Å²) in [4.78, 5) is 31.3. The van der Waals surface area contributed by atoms with E-state index in [-0.39, 0.29) is 23.6 Å². The summed E-state index contributed by atoms with van der Waals surface area (Å²) >= 11 is 0. The van der Waals surface area contributed by atoms with Gasteiger partial charge in [0.15, 0.2) is 0 Å². The van der Waals surface area contributed by atoms with Crippen LogP contribution in [0.4, 0.5) is 0 Å². The van der Waals surface area contributed by atoms with E-state index in [0.29, 0.717) is 35.8 Å². The van der Waals surface area contributed by atoms with Crippen LogP contribution in [-0.2, 0) is 16.0 Å². The summed E-state index contributed by atoms with van der Waals surface area (Å²) in [5, 5.41) is 22.2. The molecule has 1 saturated heterocycles. The van der Waals surface area contributed by atoms with Gasteiger partial charge in [0.25, 0.3) is 11.7 Å². The maximum absolute atomic E-state index is 13.3. The molecule has 2 heterocycles. The van der Waals surface area contributed by atoms with E-state index in [4.69, 9.17) is 4.74 Å². The maximum atomic E-state index is 13.3. The number of phenolic OH excluding ortho intramolecular Hbond substituents is 1. The molecule has 1 atom stereocenters. The Morgan fingerprint density at radius 3 is 2.42 bits per heavy atom. The molecule has 1 fully saturated rings. The van der Waals surface area contributed by atoms with E-state index in [2.05, 4.69) is 18.8 Å². The van der Waals surface area contributed by atoms with Gasteiger partial charge in [-0.05, 0) is 65.9 Å². The summed E-state index contributed by atoms with van der Waals surface area (Å²) in [7, 11) is 0. The molecular formula is C31H30N2O5. The number of aliphatic hydroxyl groups excluding tert-OH is 1. The molecule has 0 radical (unpaired) electrons. The van der Waals surface area contributed by atoms with Crippen LogP contribution < -0.4 is 4.74 Å². The van der Waals surface area contributed by atoms with Crippen molar-refractivity contribution >= 4 is 28.4 Å². The van der Waals surface area contributed by atoms with Crippen molar-refractivity contribution in [2.75, 3.05) is 13.2 Å². The van der Waals surface area contributed by atoms with Crippen molar-refractivity contribution in [1.29, 1.82) is 0 Å². The summed E-state index contributed by atoms with van der Waals surface area (Å²) in [5.41, 5.74) is 3.10. The van der Waals surface area contributed by atoms with Gasteiger partial charge in [-0.2, -0.15) is 0 Å². The van der Waals surface area contributed by atoms with Crippen LogP contribution >= 0.6 is 0 Å². The number of phenols is 1. The highest BCUT2D eigenvalue weighted by molar-refractivity contribution is 6.46. The standard InChI is InChI=1S/C31H30N2O5/c1-19(2)18-38-24-13-9-21(10-14-24)29(35)27-28(20-7-11-23(34)12-8-20)33(31(37)30(27)36)16-15-22-17-32-26-6-4-3-5-25(22)26/h3-14,17,19,28,32,34-35H,15-16,18H2,1-2H3/b29-27+. The van der Waals surface area contributed by atoms with E-state index >= 15 is 0 Å². The number of nitrogens with zero attached hydrogens (tertiary/aromatic N) is 1. The summed E-state index contributed by atoms with van der Waals surface area (Å²) < 4.78 is 5.73. The minimum Gasteiger partial charge on any atom is -0.508 e. The first kappa shape index (κ1) is 25.1. The van der Waals surface area contributed by atoms with Gasteiger partial charge in [-0.25, -0.2) is 0 Å². The second kappa shape index (κ2) is 10.5. The van der Waals surface area contributed by atoms with E-state index < -0.39 is 17.7 Å². The fourth-order valence-corrected chi connectivity index (χ4v) is 4.82. The minimum atomic E-state index is -0.794. The fraction of sp³-hybridized carbons (Fsp3) is 0.226. The third kappa shape index (κ3) is 4.87. The second-order valence-corrected chi connectivity index (χ2v) is 9.92. The van der Waals surface area contributed by atoms with Crippen LogP contribution in [0.15, 0.2) is 84.6 Å². The Kier molecular flexibility index (Phi) is 6.92. The monoisotopic (exact) mass is 510 g/mol. The number of hydrogen-bond donors (Lipinski definition) is 3. The minimum absolute atomic E-state index is 0.0236. The van der Waals surface area contributed by atoms with Crippen molar-refractivity contribution in [3.63, 3.8) is 0 Å². The van der Waals surface area contributed by atoms with Crippen molar-refractivity contribution in [2.45, 2.75) is 26.3 Å². The third-order valence-corrected chi connectivity index (χ3v) is 6.76. The second-order valence-electron chi connectivity index (χ2n) is 9.92. The van der Waals surface area contributed by atoms with Crippen LogP contribution in [0.3, 0.4) is 0 Å². The maximum Gasteiger partial charge on any atom is 0.295 e. The number of aromatic hydroxyl groups is 1. The third-order valence-electron chi connectivity index (χ3n) is 6.76. The largest absolute Gasteiger partial charge is 0.508 e. The van der Waals surface area contributed by atoms with Crippen molar-refractivity contribution in [3.8, 4) is 11.5 Å². The van der Waals surface area contributed by atoms with E-state index in [9.17, 15) is 19.8 Å². The number of ether oxygens (including phenoxy) is 1. The Bertz CT molecular complexity index is 1500. The average molecular weight is 511 g/mol. The molecule has 3 N–H and O–H groups in total. The molecule has 0 bridgehead atoms. The van der Waals surface area contributed by atoms with Crippen LogP contribution in [0.25, 0.3) is 16.7 Å². The molecule has 1 aromatic heterocycles. The highest BCUT2D eigenvalue weighted by Crippen LogP contribution is 2.40. The highest BCUT2D eigenvalue weighted by Gasteiger charge is 2.45. The summed E-state index contributed by atoms with van der Waals surface area (Å²) in [5.74, 6) is -0.549. The molecule has 1 unspecified atom stereocenters. The molecular weight excluding hydrogens is 480 g/mol. The van der Waals surface area contributed by atoms with Gasteiger partial charge in [0.1, 0.15) is 17.3 Å². The molecule has 4 aromatic rings. The van der Waals surface area contributed by atoms with E-state index in [1.54, 1.807) is 36.4 Å². The lowest BCUT2D eigenvalue weighted by Gasteiger charge is -2.25. The van der Waals surface area contributed by atoms with E-state index in [1.807, 2.05) is 30.5 Å². The number of Topliss-reactive ketones (excluding diaryl/α,β-unsaturated/α-hetero) is 1. The fourth-order valence-electron chi connectivity index (χ4n) is 4.82. The lowest BCUT2D eigenvalue weighted by atomic mass is 9.95. The summed E-state index contributed by atoms with van der Waals surface area (Å²) in [6, 6.07) is 20.3. The number of aliphatic hydroxyl groups is 1. The normalized spacial score (nSPS) is 17.0. The topological polar surface area (TPSA) is 103 Å². The molecule has 194 valence electrons. The zero-order valence-corrected chi connectivity index (χ0v) is 21.3. The molecule has 0 spiro atoms. The number of hydrogen-bond acceptors (Lipinski definition) is 5. The molecule has 1 aliphatic rings. The van der Waals surface area contributed by atoms with E-state index in [0.717, 1.165) is 16.5 Å². The average Bonchev–Trinajstić information content (AvgIpc) is 3.45. The van der Waals surface area contributed by atoms with Gasteiger partial charge in [-0.3, -0.25) is 9.59 Å². The Labute approximate surface area is 221 Å². The first-order chi connectivity index (χ1) is 18.3. The lowest BCUT2D eigenvalue weighted by Crippen LogP contribution is -2.31. The van der Waals surface area contributed by atoms with Gasteiger partial charge in [0.2, 0.25) is 0 Å². The molecule has 3 aromatic carbocycles. The number of nitrogens with one attached hydrogen (secondary N) is 1. The van der Waals surface area contributed by atoms with Crippen molar-refractivity contribution in [1.82, 2.24) is 9.88 Å². The number of likely N-dealkylation sites (tertiary alicyclic amines) is 1. The van der Waals surface area contributed by atoms with Crippen LogP contribution in [0.1, 0.15) is 36.6 Å². The molecule has 7 nitrogen and oxygen atoms in total. The molecule has 0 aliphatic carbocycles. The summed E-state index contributed by atoms with van der Waals surface area (Å²) in [6.07, 6.45) is 2.44. The number of amides is 1. The number of para-hydroxylation sites is 1. The molecule has 0 saturated carbocycles. The van der Waals surface area contributed by atoms with Crippen LogP contribution in [0, 0.1) is 5.92 Å². The predicted molar refractivity (Wildman–Crippen MR) is 146 cm³/mol. The zero-order valence-electron chi connectivity index (χ0n) is 21.3. The number of ketones is 1. The van der Waals surface area contributed by atoms with Crippen LogP contribution in [0.5, 0.6) is 11.5 Å². The highest BCUT2D eigenvalue weighted by atomic mass is 16.5. The molecule has 38 heavy (non-hydrogen) atoms. The number of rotatable bonds is 8. The van der Waals surface area contributed by atoms with Gasteiger partial charge in [-0.15, -0.1) is 0 Å². The number of carbonyl (C=O) groups is 2. The first-order valence-corrected chi connectivity index (χ1v) is 12.7. The molecule has 1 amide bonds. The van der Waals surface area contributed by atoms with Gasteiger partial charge in [0, 0.05) is 29.2 Å². The quantitative estimate of drug-likeness (QED) is 0.163. The first-order valence-electron chi connectivity index (χ1n) is 12.7. The number of aromatic amines is 1. The molecule has 7 heteroatoms. The van der Waals surface area contributed by atoms with Crippen LogP contribution in [0.2, 0.25) is 0 Å². The number of fused-ring (bicyclic) bond motifs is 1. The van der Waals surface area contributed by atoms with E-state index in [1.165, 1.54) is 17.0 Å². The number of carbonyl (C=O) groups excluding carboxylic acids is 2. The molecule has 5 rings (SSSR count). The predicted octanol–water partition coefficient (Wildman–Crippen LogP) is 5.57. The van der Waals surface area contributed by atoms with Gasteiger partial charge in [-0.1, -0.05) is 44.2 Å².